The van der Waals surface area contributed by atoms with E-state index in [0.717, 1.165) is 6.42 Å². The van der Waals surface area contributed by atoms with Gasteiger partial charge < -0.3 is 16.2 Å². The predicted molar refractivity (Wildman–Crippen MR) is 70.0 cm³/mol. The number of nitrogens with one attached hydrogen (secondary N) is 1. The Morgan fingerprint density at radius 2 is 2.00 bits per heavy atom. The summed E-state index contributed by atoms with van der Waals surface area (Å²) in [6.45, 7) is 7.37. The Hall–Kier alpha value is -0.750. The van der Waals surface area contributed by atoms with Gasteiger partial charge in [0.25, 0.3) is 0 Å². The fraction of sp³-hybridized carbons (Fsp3) is 0.818. The van der Waals surface area contributed by atoms with Gasteiger partial charge in [0.1, 0.15) is 6.04 Å². The lowest BCUT2D eigenvalue weighted by Crippen LogP contribution is -2.47. The molecular formula is C11H22N2O3S. The van der Waals surface area contributed by atoms with Crippen molar-refractivity contribution in [1.29, 1.82) is 0 Å². The van der Waals surface area contributed by atoms with Crippen LogP contribution >= 0.6 is 11.8 Å². The Labute approximate surface area is 107 Å². The van der Waals surface area contributed by atoms with Crippen molar-refractivity contribution in [1.82, 2.24) is 5.32 Å². The van der Waals surface area contributed by atoms with Gasteiger partial charge in [-0.15, -0.1) is 11.8 Å². The molecule has 0 bridgehead atoms. The first-order chi connectivity index (χ1) is 7.70. The third-order valence-electron chi connectivity index (χ3n) is 2.61. The first-order valence-corrected chi connectivity index (χ1v) is 6.61. The standard InChI is InChI=1S/C11H22N2O3S/c1-5-7(2)13-8(14)6-17-11(3,4)9(12)10(15)16/h7,9H,5-6,12H2,1-4H3,(H,13,14)(H,15,16)/t7?,9-/m1/s1. The molecule has 0 spiro atoms. The molecule has 0 aromatic rings. The Kier molecular flexibility index (Phi) is 6.56. The molecule has 1 unspecified atom stereocenters. The van der Waals surface area contributed by atoms with Gasteiger partial charge in [-0.3, -0.25) is 9.59 Å². The molecule has 2 atom stereocenters. The van der Waals surface area contributed by atoms with Crippen LogP contribution in [-0.2, 0) is 9.59 Å². The second-order valence-electron chi connectivity index (χ2n) is 4.58. The maximum Gasteiger partial charge on any atom is 0.321 e. The molecule has 0 heterocycles. The van der Waals surface area contributed by atoms with Gasteiger partial charge in [-0.25, -0.2) is 0 Å². The van der Waals surface area contributed by atoms with Crippen LogP contribution in [0.3, 0.4) is 0 Å². The van der Waals surface area contributed by atoms with E-state index in [9.17, 15) is 9.59 Å². The van der Waals surface area contributed by atoms with Crippen molar-refractivity contribution in [2.75, 3.05) is 5.75 Å². The van der Waals surface area contributed by atoms with E-state index in [-0.39, 0.29) is 17.7 Å². The van der Waals surface area contributed by atoms with E-state index < -0.39 is 16.8 Å². The number of hydrogen-bond donors (Lipinski definition) is 3. The molecule has 0 rings (SSSR count). The Morgan fingerprint density at radius 1 is 1.47 bits per heavy atom. The third kappa shape index (κ3) is 5.93. The number of aliphatic carboxylic acids is 1. The largest absolute Gasteiger partial charge is 0.480 e. The van der Waals surface area contributed by atoms with Crippen LogP contribution in [0, 0.1) is 0 Å². The summed E-state index contributed by atoms with van der Waals surface area (Å²) in [6.07, 6.45) is 0.869. The van der Waals surface area contributed by atoms with Gasteiger partial charge in [0.15, 0.2) is 0 Å². The number of nitrogens with two attached hydrogens (primary N) is 1. The number of amides is 1. The average molecular weight is 262 g/mol. The van der Waals surface area contributed by atoms with Crippen LogP contribution in [0.25, 0.3) is 0 Å². The minimum Gasteiger partial charge on any atom is -0.480 e. The Bertz CT molecular complexity index is 282. The van der Waals surface area contributed by atoms with E-state index in [1.54, 1.807) is 13.8 Å². The van der Waals surface area contributed by atoms with Crippen LogP contribution in [0.4, 0.5) is 0 Å². The molecule has 4 N–H and O–H groups in total. The molecule has 0 radical (unpaired) electrons. The minimum atomic E-state index is -1.05. The molecule has 0 fully saturated rings. The van der Waals surface area contributed by atoms with Crippen LogP contribution in [0.15, 0.2) is 0 Å². The monoisotopic (exact) mass is 262 g/mol. The van der Waals surface area contributed by atoms with E-state index in [1.807, 2.05) is 13.8 Å². The Morgan fingerprint density at radius 3 is 2.41 bits per heavy atom. The average Bonchev–Trinajstić information content (AvgIpc) is 2.25. The van der Waals surface area contributed by atoms with Gasteiger partial charge in [0, 0.05) is 10.8 Å². The molecule has 0 aliphatic rings. The first-order valence-electron chi connectivity index (χ1n) is 5.62. The molecule has 0 aromatic carbocycles. The zero-order chi connectivity index (χ0) is 13.6. The lowest BCUT2D eigenvalue weighted by atomic mass is 10.1. The third-order valence-corrected chi connectivity index (χ3v) is 4.01. The number of carbonyl (C=O) groups excluding carboxylic acids is 1. The molecule has 0 saturated carbocycles. The highest BCUT2D eigenvalue weighted by molar-refractivity contribution is 8.01. The second-order valence-corrected chi connectivity index (χ2v) is 6.21. The molecule has 6 heteroatoms. The summed E-state index contributed by atoms with van der Waals surface area (Å²) in [5.74, 6) is -0.918. The highest BCUT2D eigenvalue weighted by atomic mass is 32.2. The lowest BCUT2D eigenvalue weighted by molar-refractivity contribution is -0.139. The number of carboxylic acids is 1. The van der Waals surface area contributed by atoms with Crippen LogP contribution in [0.1, 0.15) is 34.1 Å². The van der Waals surface area contributed by atoms with E-state index >= 15 is 0 Å². The zero-order valence-electron chi connectivity index (χ0n) is 10.8. The SMILES string of the molecule is CCC(C)NC(=O)CSC(C)(C)[C@H](N)C(=O)O. The predicted octanol–water partition coefficient (Wildman–Crippen LogP) is 0.825. The summed E-state index contributed by atoms with van der Waals surface area (Å²) in [5.41, 5.74) is 5.56. The maximum absolute atomic E-state index is 11.5. The van der Waals surface area contributed by atoms with E-state index in [0.29, 0.717) is 0 Å². The highest BCUT2D eigenvalue weighted by Crippen LogP contribution is 2.27. The van der Waals surface area contributed by atoms with Gasteiger partial charge in [0.05, 0.1) is 5.75 Å². The number of hydrogen-bond acceptors (Lipinski definition) is 4. The van der Waals surface area contributed by atoms with Crippen molar-refractivity contribution in [3.05, 3.63) is 0 Å². The topological polar surface area (TPSA) is 92.4 Å². The normalized spacial score (nSPS) is 15.1. The quantitative estimate of drug-likeness (QED) is 0.632. The van der Waals surface area contributed by atoms with Crippen LogP contribution in [0.2, 0.25) is 0 Å². The van der Waals surface area contributed by atoms with Gasteiger partial charge in [-0.2, -0.15) is 0 Å². The van der Waals surface area contributed by atoms with Crippen molar-refractivity contribution < 1.29 is 14.7 Å². The summed E-state index contributed by atoms with van der Waals surface area (Å²) in [5, 5.41) is 11.6. The fourth-order valence-electron chi connectivity index (χ4n) is 1.06. The van der Waals surface area contributed by atoms with Crippen molar-refractivity contribution in [3.63, 3.8) is 0 Å². The van der Waals surface area contributed by atoms with Crippen molar-refractivity contribution in [3.8, 4) is 0 Å². The summed E-state index contributed by atoms with van der Waals surface area (Å²) in [7, 11) is 0. The summed E-state index contributed by atoms with van der Waals surface area (Å²) in [6, 6.07) is -0.844. The lowest BCUT2D eigenvalue weighted by Gasteiger charge is -2.27. The molecule has 100 valence electrons. The van der Waals surface area contributed by atoms with Crippen molar-refractivity contribution >= 4 is 23.6 Å². The van der Waals surface area contributed by atoms with E-state index in [2.05, 4.69) is 5.32 Å². The molecule has 0 aliphatic carbocycles. The van der Waals surface area contributed by atoms with E-state index in [1.165, 1.54) is 11.8 Å². The summed E-state index contributed by atoms with van der Waals surface area (Å²) >= 11 is 1.26. The van der Waals surface area contributed by atoms with Gasteiger partial charge >= 0.3 is 5.97 Å². The number of carboxylic acid groups (broad SMARTS) is 1. The Balaban J connectivity index is 4.18. The molecule has 0 aliphatic heterocycles. The smallest absolute Gasteiger partial charge is 0.321 e. The minimum absolute atomic E-state index is 0.0880. The van der Waals surface area contributed by atoms with Crippen molar-refractivity contribution in [2.24, 2.45) is 5.73 Å². The van der Waals surface area contributed by atoms with Crippen LogP contribution < -0.4 is 11.1 Å². The molecule has 0 saturated heterocycles. The van der Waals surface area contributed by atoms with Crippen molar-refractivity contribution in [2.45, 2.75) is 50.9 Å². The number of rotatable bonds is 7. The zero-order valence-corrected chi connectivity index (χ0v) is 11.6. The number of thioether (sulfide) groups is 1. The van der Waals surface area contributed by atoms with Gasteiger partial charge in [-0.1, -0.05) is 6.92 Å². The number of carbonyl (C=O) groups is 2. The second kappa shape index (κ2) is 6.86. The molecular weight excluding hydrogens is 240 g/mol. The van der Waals surface area contributed by atoms with Gasteiger partial charge in [0.2, 0.25) is 5.91 Å². The van der Waals surface area contributed by atoms with Crippen LogP contribution in [0.5, 0.6) is 0 Å². The highest BCUT2D eigenvalue weighted by Gasteiger charge is 2.33. The van der Waals surface area contributed by atoms with Crippen LogP contribution in [-0.4, -0.2) is 39.6 Å². The molecule has 5 nitrogen and oxygen atoms in total. The summed E-state index contributed by atoms with van der Waals surface area (Å²) in [4.78, 5) is 22.3. The molecule has 1 amide bonds. The molecule has 17 heavy (non-hydrogen) atoms. The fourth-order valence-corrected chi connectivity index (χ4v) is 1.92. The maximum atomic E-state index is 11.5. The molecule has 0 aromatic heterocycles. The first kappa shape index (κ1) is 16.2. The summed E-state index contributed by atoms with van der Waals surface area (Å²) < 4.78 is -0.668. The van der Waals surface area contributed by atoms with Gasteiger partial charge in [-0.05, 0) is 27.2 Å². The van der Waals surface area contributed by atoms with E-state index in [4.69, 9.17) is 10.8 Å².